The second kappa shape index (κ2) is 4.21. The van der Waals surface area contributed by atoms with Crippen molar-refractivity contribution in [1.29, 1.82) is 0 Å². The first kappa shape index (κ1) is 10.5. The number of benzene rings is 1. The Morgan fingerprint density at radius 2 is 2.13 bits per heavy atom. The molecule has 1 aliphatic rings. The highest BCUT2D eigenvalue weighted by atomic mass is 16.3. The van der Waals surface area contributed by atoms with Gasteiger partial charge in [0, 0.05) is 18.3 Å². The lowest BCUT2D eigenvalue weighted by atomic mass is 10.1. The molecule has 1 aromatic rings. The molecular formula is C12H18N2O. The number of nitrogen functional groups attached to an aromatic ring is 1. The molecule has 0 aromatic heterocycles. The summed E-state index contributed by atoms with van der Waals surface area (Å²) in [5, 5.41) is 8.90. The molecule has 0 amide bonds. The van der Waals surface area contributed by atoms with Gasteiger partial charge in [-0.1, -0.05) is 6.07 Å². The van der Waals surface area contributed by atoms with E-state index in [2.05, 4.69) is 24.1 Å². The molecule has 2 rings (SSSR count). The Morgan fingerprint density at radius 3 is 2.87 bits per heavy atom. The van der Waals surface area contributed by atoms with Gasteiger partial charge in [0.2, 0.25) is 0 Å². The number of nitrogens with two attached hydrogens (primary N) is 1. The summed E-state index contributed by atoms with van der Waals surface area (Å²) in [7, 11) is 2.07. The van der Waals surface area contributed by atoms with E-state index in [-0.39, 0.29) is 6.61 Å². The third-order valence-corrected chi connectivity index (χ3v) is 3.22. The number of anilines is 1. The minimum Gasteiger partial charge on any atom is -0.399 e. The lowest BCUT2D eigenvalue weighted by Gasteiger charge is -2.22. The molecule has 82 valence electrons. The van der Waals surface area contributed by atoms with Gasteiger partial charge in [-0.25, -0.2) is 0 Å². The number of aliphatic hydroxyl groups excluding tert-OH is 1. The average molecular weight is 206 g/mol. The van der Waals surface area contributed by atoms with Crippen molar-refractivity contribution in [3.63, 3.8) is 0 Å². The molecule has 0 spiro atoms. The molecule has 0 saturated heterocycles. The number of hydrogen-bond donors (Lipinski definition) is 2. The van der Waals surface area contributed by atoms with Crippen molar-refractivity contribution in [2.45, 2.75) is 18.9 Å². The number of fused-ring (bicyclic) bond motifs is 1. The largest absolute Gasteiger partial charge is 0.399 e. The topological polar surface area (TPSA) is 49.5 Å². The van der Waals surface area contributed by atoms with Crippen LogP contribution in [0, 0.1) is 0 Å². The molecule has 3 nitrogen and oxygen atoms in total. The number of likely N-dealkylation sites (N-methyl/N-ethyl adjacent to an activating group) is 1. The number of nitrogens with zero attached hydrogens (tertiary/aromatic N) is 1. The van der Waals surface area contributed by atoms with Gasteiger partial charge in [-0.2, -0.15) is 0 Å². The molecule has 1 atom stereocenters. The fourth-order valence-electron chi connectivity index (χ4n) is 2.27. The van der Waals surface area contributed by atoms with E-state index in [4.69, 9.17) is 10.8 Å². The molecule has 0 heterocycles. The van der Waals surface area contributed by atoms with Gasteiger partial charge >= 0.3 is 0 Å². The summed E-state index contributed by atoms with van der Waals surface area (Å²) in [6.45, 7) is 0.972. The standard InChI is InChI=1S/C12H18N2O/c1-14(4-5-15)12-7-9-2-3-11(13)6-10(9)8-12/h2-3,6,12,15H,4-5,7-8,13H2,1H3/t12-/m0/s1. The quantitative estimate of drug-likeness (QED) is 0.714. The molecule has 0 radical (unpaired) electrons. The van der Waals surface area contributed by atoms with Crippen molar-refractivity contribution in [3.05, 3.63) is 29.3 Å². The first-order chi connectivity index (χ1) is 7.20. The van der Waals surface area contributed by atoms with E-state index >= 15 is 0 Å². The van der Waals surface area contributed by atoms with E-state index in [9.17, 15) is 0 Å². The van der Waals surface area contributed by atoms with E-state index < -0.39 is 0 Å². The molecule has 1 aromatic carbocycles. The highest BCUT2D eigenvalue weighted by molar-refractivity contribution is 5.47. The van der Waals surface area contributed by atoms with Crippen LogP contribution in [0.15, 0.2) is 18.2 Å². The van der Waals surface area contributed by atoms with Crippen molar-refractivity contribution in [1.82, 2.24) is 4.90 Å². The summed E-state index contributed by atoms with van der Waals surface area (Å²) in [5.74, 6) is 0. The first-order valence-electron chi connectivity index (χ1n) is 5.39. The fourth-order valence-corrected chi connectivity index (χ4v) is 2.27. The van der Waals surface area contributed by atoms with E-state index in [0.717, 1.165) is 25.1 Å². The maximum atomic E-state index is 8.90. The van der Waals surface area contributed by atoms with Crippen LogP contribution in [0.25, 0.3) is 0 Å². The molecule has 0 aliphatic heterocycles. The van der Waals surface area contributed by atoms with Crippen molar-refractivity contribution in [3.8, 4) is 0 Å². The SMILES string of the molecule is CN(CCO)[C@H]1Cc2ccc(N)cc2C1. The molecule has 15 heavy (non-hydrogen) atoms. The molecule has 0 fully saturated rings. The molecule has 3 heteroatoms. The normalized spacial score (nSPS) is 19.5. The molecule has 3 N–H and O–H groups in total. The number of rotatable bonds is 3. The van der Waals surface area contributed by atoms with E-state index in [1.54, 1.807) is 0 Å². The Bertz CT molecular complexity index is 351. The van der Waals surface area contributed by atoms with Crippen LogP contribution < -0.4 is 5.73 Å². The van der Waals surface area contributed by atoms with Gasteiger partial charge in [0.25, 0.3) is 0 Å². The molecule has 0 saturated carbocycles. The zero-order valence-corrected chi connectivity index (χ0v) is 9.11. The lowest BCUT2D eigenvalue weighted by molar-refractivity contribution is 0.183. The highest BCUT2D eigenvalue weighted by Crippen LogP contribution is 2.26. The van der Waals surface area contributed by atoms with E-state index in [1.165, 1.54) is 11.1 Å². The van der Waals surface area contributed by atoms with Gasteiger partial charge in [0.1, 0.15) is 0 Å². The Kier molecular flexibility index (Phi) is 2.93. The van der Waals surface area contributed by atoms with E-state index in [1.807, 2.05) is 6.07 Å². The van der Waals surface area contributed by atoms with Crippen molar-refractivity contribution in [2.75, 3.05) is 25.9 Å². The first-order valence-corrected chi connectivity index (χ1v) is 5.39. The number of hydrogen-bond acceptors (Lipinski definition) is 3. The van der Waals surface area contributed by atoms with Gasteiger partial charge in [-0.15, -0.1) is 0 Å². The summed E-state index contributed by atoms with van der Waals surface area (Å²) in [6, 6.07) is 6.68. The second-order valence-electron chi connectivity index (χ2n) is 4.29. The third-order valence-electron chi connectivity index (χ3n) is 3.22. The van der Waals surface area contributed by atoms with Crippen molar-refractivity contribution in [2.24, 2.45) is 0 Å². The van der Waals surface area contributed by atoms with Gasteiger partial charge in [0.05, 0.1) is 6.61 Å². The smallest absolute Gasteiger partial charge is 0.0558 e. The van der Waals surface area contributed by atoms with Crippen LogP contribution in [0.5, 0.6) is 0 Å². The molecule has 0 bridgehead atoms. The van der Waals surface area contributed by atoms with Crippen LogP contribution in [0.3, 0.4) is 0 Å². The van der Waals surface area contributed by atoms with Gasteiger partial charge < -0.3 is 15.7 Å². The van der Waals surface area contributed by atoms with Gasteiger partial charge in [-0.3, -0.25) is 0 Å². The van der Waals surface area contributed by atoms with E-state index in [0.29, 0.717) is 6.04 Å². The summed E-state index contributed by atoms with van der Waals surface area (Å²) in [4.78, 5) is 2.22. The third kappa shape index (κ3) is 2.13. The average Bonchev–Trinajstić information content (AvgIpc) is 2.60. The molecule has 1 aliphatic carbocycles. The summed E-state index contributed by atoms with van der Waals surface area (Å²) < 4.78 is 0. The Morgan fingerprint density at radius 1 is 1.40 bits per heavy atom. The van der Waals surface area contributed by atoms with Crippen LogP contribution in [-0.2, 0) is 12.8 Å². The van der Waals surface area contributed by atoms with Gasteiger partial charge in [-0.05, 0) is 43.1 Å². The summed E-state index contributed by atoms with van der Waals surface area (Å²) in [6.07, 6.45) is 2.13. The predicted molar refractivity (Wildman–Crippen MR) is 61.8 cm³/mol. The highest BCUT2D eigenvalue weighted by Gasteiger charge is 2.24. The minimum atomic E-state index is 0.228. The maximum Gasteiger partial charge on any atom is 0.0558 e. The Labute approximate surface area is 90.5 Å². The number of aliphatic hydroxyl groups is 1. The minimum absolute atomic E-state index is 0.228. The fraction of sp³-hybridized carbons (Fsp3) is 0.500. The summed E-state index contributed by atoms with van der Waals surface area (Å²) >= 11 is 0. The van der Waals surface area contributed by atoms with Crippen molar-refractivity contribution >= 4 is 5.69 Å². The summed E-state index contributed by atoms with van der Waals surface area (Å²) in [5.41, 5.74) is 9.37. The zero-order valence-electron chi connectivity index (χ0n) is 9.11. The van der Waals surface area contributed by atoms with Crippen LogP contribution in [0.1, 0.15) is 11.1 Å². The van der Waals surface area contributed by atoms with Gasteiger partial charge in [0.15, 0.2) is 0 Å². The monoisotopic (exact) mass is 206 g/mol. The van der Waals surface area contributed by atoms with Crippen molar-refractivity contribution < 1.29 is 5.11 Å². The second-order valence-corrected chi connectivity index (χ2v) is 4.29. The predicted octanol–water partition coefficient (Wildman–Crippen LogP) is 0.660. The zero-order chi connectivity index (χ0) is 10.8. The molecular weight excluding hydrogens is 188 g/mol. The lowest BCUT2D eigenvalue weighted by Crippen LogP contribution is -2.34. The van der Waals surface area contributed by atoms with Crippen LogP contribution in [-0.4, -0.2) is 36.2 Å². The van der Waals surface area contributed by atoms with Crippen LogP contribution in [0.4, 0.5) is 5.69 Å². The van der Waals surface area contributed by atoms with Crippen LogP contribution in [0.2, 0.25) is 0 Å². The van der Waals surface area contributed by atoms with Crippen LogP contribution >= 0.6 is 0 Å². The Balaban J connectivity index is 2.08. The maximum absolute atomic E-state index is 8.90. The molecule has 0 unspecified atom stereocenters. The Hall–Kier alpha value is -1.06.